The van der Waals surface area contributed by atoms with Crippen molar-refractivity contribution in [1.29, 1.82) is 0 Å². The molecule has 1 N–H and O–H groups in total. The molecule has 66 valence electrons. The topological polar surface area (TPSA) is 50.4 Å². The molecule has 0 spiro atoms. The molecule has 0 bridgehead atoms. The predicted molar refractivity (Wildman–Crippen MR) is 46.3 cm³/mol. The number of hydrogen-bond acceptors (Lipinski definition) is 3. The first-order chi connectivity index (χ1) is 5.55. The Morgan fingerprint density at radius 3 is 2.50 bits per heavy atom. The molecule has 0 aliphatic heterocycles. The predicted octanol–water partition coefficient (Wildman–Crippen LogP) is 1.56. The fourth-order valence-corrected chi connectivity index (χ4v) is 0.934. The first-order valence-corrected chi connectivity index (χ1v) is 3.78. The van der Waals surface area contributed by atoms with E-state index in [1.54, 1.807) is 23.1 Å². The zero-order valence-electron chi connectivity index (χ0n) is 7.52. The Balaban J connectivity index is 3.01. The quantitative estimate of drug-likeness (QED) is 0.276. The van der Waals surface area contributed by atoms with Crippen molar-refractivity contribution < 1.29 is 5.21 Å². The molecule has 4 heteroatoms. The van der Waals surface area contributed by atoms with Crippen molar-refractivity contribution >= 4 is 5.84 Å². The minimum Gasteiger partial charge on any atom is -0.409 e. The highest BCUT2D eigenvalue weighted by Crippen LogP contribution is 2.16. The lowest BCUT2D eigenvalue weighted by molar-refractivity contribution is 0.306. The highest BCUT2D eigenvalue weighted by molar-refractivity contribution is 5.87. The summed E-state index contributed by atoms with van der Waals surface area (Å²) >= 11 is 0. The highest BCUT2D eigenvalue weighted by atomic mass is 16.4. The summed E-state index contributed by atoms with van der Waals surface area (Å²) in [7, 11) is 0. The lowest BCUT2D eigenvalue weighted by Gasteiger charge is -2.18. The van der Waals surface area contributed by atoms with Gasteiger partial charge in [-0.15, -0.1) is 0 Å². The van der Waals surface area contributed by atoms with E-state index in [9.17, 15) is 0 Å². The molecule has 1 aromatic rings. The SMILES string of the molecule is CC(C)(C)C(=NO)n1cccn1. The largest absolute Gasteiger partial charge is 0.409 e. The van der Waals surface area contributed by atoms with Gasteiger partial charge in [0.15, 0.2) is 5.84 Å². The molecule has 0 saturated heterocycles. The van der Waals surface area contributed by atoms with Crippen LogP contribution >= 0.6 is 0 Å². The molecule has 12 heavy (non-hydrogen) atoms. The maximum Gasteiger partial charge on any atom is 0.174 e. The van der Waals surface area contributed by atoms with Crippen LogP contribution in [0.5, 0.6) is 0 Å². The zero-order chi connectivity index (χ0) is 9.19. The molecule has 0 amide bonds. The van der Waals surface area contributed by atoms with Gasteiger partial charge in [0.1, 0.15) is 0 Å². The van der Waals surface area contributed by atoms with E-state index in [0.717, 1.165) is 0 Å². The van der Waals surface area contributed by atoms with Crippen LogP contribution in [0.2, 0.25) is 0 Å². The van der Waals surface area contributed by atoms with E-state index in [2.05, 4.69) is 10.3 Å². The highest BCUT2D eigenvalue weighted by Gasteiger charge is 2.21. The molecule has 0 saturated carbocycles. The van der Waals surface area contributed by atoms with Gasteiger partial charge in [0.25, 0.3) is 0 Å². The molecular formula is C8H13N3O. The van der Waals surface area contributed by atoms with Gasteiger partial charge >= 0.3 is 0 Å². The monoisotopic (exact) mass is 167 g/mol. The van der Waals surface area contributed by atoms with Crippen LogP contribution in [-0.2, 0) is 0 Å². The fourth-order valence-electron chi connectivity index (χ4n) is 0.934. The smallest absolute Gasteiger partial charge is 0.174 e. The molecule has 1 rings (SSSR count). The maximum absolute atomic E-state index is 8.76. The molecular weight excluding hydrogens is 154 g/mol. The number of oxime groups is 1. The molecule has 4 nitrogen and oxygen atoms in total. The summed E-state index contributed by atoms with van der Waals surface area (Å²) in [6, 6.07) is 1.79. The van der Waals surface area contributed by atoms with E-state index in [4.69, 9.17) is 5.21 Å². The summed E-state index contributed by atoms with van der Waals surface area (Å²) < 4.78 is 1.56. The molecule has 0 aliphatic carbocycles. The molecule has 0 aromatic carbocycles. The van der Waals surface area contributed by atoms with Crippen LogP contribution in [-0.4, -0.2) is 20.8 Å². The first-order valence-electron chi connectivity index (χ1n) is 3.78. The van der Waals surface area contributed by atoms with Crippen molar-refractivity contribution in [2.24, 2.45) is 10.6 Å². The second-order valence-corrected chi connectivity index (χ2v) is 3.62. The molecule has 1 heterocycles. The van der Waals surface area contributed by atoms with Crippen molar-refractivity contribution in [3.8, 4) is 0 Å². The minimum absolute atomic E-state index is 0.208. The first kappa shape index (κ1) is 8.77. The zero-order valence-corrected chi connectivity index (χ0v) is 7.52. The molecule has 1 aromatic heterocycles. The normalized spacial score (nSPS) is 13.4. The summed E-state index contributed by atoms with van der Waals surface area (Å²) in [5, 5.41) is 16.0. The molecule has 0 atom stereocenters. The van der Waals surface area contributed by atoms with E-state index in [1.165, 1.54) is 0 Å². The van der Waals surface area contributed by atoms with Crippen molar-refractivity contribution in [1.82, 2.24) is 9.78 Å². The third-order valence-electron chi connectivity index (χ3n) is 1.49. The Morgan fingerprint density at radius 1 is 1.50 bits per heavy atom. The standard InChI is InChI=1S/C8H13N3O/c1-8(2,3)7(10-12)11-6-4-5-9-11/h4-6,12H,1-3H3. The van der Waals surface area contributed by atoms with Gasteiger partial charge in [-0.25, -0.2) is 4.68 Å². The van der Waals surface area contributed by atoms with Crippen LogP contribution < -0.4 is 0 Å². The lowest BCUT2D eigenvalue weighted by Crippen LogP contribution is -2.28. The van der Waals surface area contributed by atoms with E-state index >= 15 is 0 Å². The third kappa shape index (κ3) is 1.64. The van der Waals surface area contributed by atoms with Gasteiger partial charge in [-0.1, -0.05) is 25.9 Å². The number of aromatic nitrogens is 2. The Morgan fingerprint density at radius 2 is 2.17 bits per heavy atom. The average molecular weight is 167 g/mol. The van der Waals surface area contributed by atoms with Crippen LogP contribution in [0.3, 0.4) is 0 Å². The maximum atomic E-state index is 8.76. The van der Waals surface area contributed by atoms with E-state index in [-0.39, 0.29) is 5.41 Å². The fraction of sp³-hybridized carbons (Fsp3) is 0.500. The van der Waals surface area contributed by atoms with Gasteiger partial charge in [0.05, 0.1) is 0 Å². The summed E-state index contributed by atoms with van der Waals surface area (Å²) in [6.45, 7) is 5.89. The lowest BCUT2D eigenvalue weighted by atomic mass is 9.95. The van der Waals surface area contributed by atoms with Crippen molar-refractivity contribution in [3.63, 3.8) is 0 Å². The van der Waals surface area contributed by atoms with E-state index < -0.39 is 0 Å². The van der Waals surface area contributed by atoms with Gasteiger partial charge in [0, 0.05) is 17.8 Å². The second kappa shape index (κ2) is 2.97. The van der Waals surface area contributed by atoms with Gasteiger partial charge < -0.3 is 5.21 Å². The number of hydrogen-bond donors (Lipinski definition) is 1. The van der Waals surface area contributed by atoms with Crippen LogP contribution in [0, 0.1) is 5.41 Å². The average Bonchev–Trinajstić information content (AvgIpc) is 2.38. The second-order valence-electron chi connectivity index (χ2n) is 3.62. The van der Waals surface area contributed by atoms with Gasteiger partial charge in [-0.05, 0) is 6.07 Å². The summed E-state index contributed by atoms with van der Waals surface area (Å²) in [5.41, 5.74) is -0.208. The van der Waals surface area contributed by atoms with Crippen LogP contribution in [0.4, 0.5) is 0 Å². The third-order valence-corrected chi connectivity index (χ3v) is 1.49. The van der Waals surface area contributed by atoms with E-state index in [0.29, 0.717) is 5.84 Å². The van der Waals surface area contributed by atoms with Gasteiger partial charge in [-0.2, -0.15) is 5.10 Å². The molecule has 0 fully saturated rings. The summed E-state index contributed by atoms with van der Waals surface area (Å²) in [4.78, 5) is 0. The summed E-state index contributed by atoms with van der Waals surface area (Å²) in [5.74, 6) is 0.535. The summed E-state index contributed by atoms with van der Waals surface area (Å²) in [6.07, 6.45) is 3.40. The van der Waals surface area contributed by atoms with E-state index in [1.807, 2.05) is 20.8 Å². The van der Waals surface area contributed by atoms with Crippen molar-refractivity contribution in [3.05, 3.63) is 18.5 Å². The minimum atomic E-state index is -0.208. The van der Waals surface area contributed by atoms with Crippen LogP contribution in [0.1, 0.15) is 20.8 Å². The molecule has 0 aliphatic rings. The number of rotatable bonds is 0. The Bertz CT molecular complexity index is 269. The van der Waals surface area contributed by atoms with Crippen LogP contribution in [0.15, 0.2) is 23.6 Å². The Hall–Kier alpha value is -1.32. The van der Waals surface area contributed by atoms with Crippen molar-refractivity contribution in [2.75, 3.05) is 0 Å². The number of nitrogens with zero attached hydrogens (tertiary/aromatic N) is 3. The molecule has 0 unspecified atom stereocenters. The van der Waals surface area contributed by atoms with Gasteiger partial charge in [-0.3, -0.25) is 0 Å². The van der Waals surface area contributed by atoms with Gasteiger partial charge in [0.2, 0.25) is 0 Å². The Labute approximate surface area is 71.5 Å². The Kier molecular flexibility index (Phi) is 2.17. The molecule has 0 radical (unpaired) electrons. The van der Waals surface area contributed by atoms with Crippen molar-refractivity contribution in [2.45, 2.75) is 20.8 Å². The van der Waals surface area contributed by atoms with Crippen LogP contribution in [0.25, 0.3) is 0 Å².